The molecule has 2 aliphatic rings. The fourth-order valence-electron chi connectivity index (χ4n) is 3.86. The number of hydrogen-bond donors (Lipinski definition) is 0. The van der Waals surface area contributed by atoms with Crippen LogP contribution in [0.15, 0.2) is 35.1 Å². The highest BCUT2D eigenvalue weighted by molar-refractivity contribution is 7.18. The van der Waals surface area contributed by atoms with E-state index >= 15 is 0 Å². The smallest absolute Gasteiger partial charge is 0.254 e. The minimum absolute atomic E-state index is 0.000866. The molecule has 7 heteroatoms. The van der Waals surface area contributed by atoms with E-state index in [1.807, 2.05) is 35.8 Å². The number of pyridine rings is 1. The fourth-order valence-corrected chi connectivity index (χ4v) is 4.81. The number of ether oxygens (including phenoxy) is 1. The van der Waals surface area contributed by atoms with Gasteiger partial charge in [-0.2, -0.15) is 0 Å². The molecule has 0 bridgehead atoms. The van der Waals surface area contributed by atoms with Gasteiger partial charge in [-0.25, -0.2) is 4.98 Å². The lowest BCUT2D eigenvalue weighted by atomic mass is 10.1. The SMILES string of the molecule is CCc1nc2ccc(C(=O)N3CC(Oc4cc(C)n(C5CC5)c(=O)c4)C3)cc2s1. The lowest BCUT2D eigenvalue weighted by Crippen LogP contribution is -2.56. The van der Waals surface area contributed by atoms with Crippen molar-refractivity contribution in [3.8, 4) is 5.75 Å². The van der Waals surface area contributed by atoms with Gasteiger partial charge in [0.05, 0.1) is 28.3 Å². The summed E-state index contributed by atoms with van der Waals surface area (Å²) >= 11 is 1.64. The molecule has 0 radical (unpaired) electrons. The van der Waals surface area contributed by atoms with E-state index in [9.17, 15) is 9.59 Å². The van der Waals surface area contributed by atoms with Gasteiger partial charge in [0, 0.05) is 23.4 Å². The van der Waals surface area contributed by atoms with E-state index in [1.165, 1.54) is 0 Å². The number of fused-ring (bicyclic) bond motifs is 1. The highest BCUT2D eigenvalue weighted by Crippen LogP contribution is 2.35. The number of hydrogen-bond acceptors (Lipinski definition) is 5. The van der Waals surface area contributed by atoms with Crippen LogP contribution in [0.25, 0.3) is 10.2 Å². The van der Waals surface area contributed by atoms with Crippen molar-refractivity contribution < 1.29 is 9.53 Å². The number of benzene rings is 1. The number of carbonyl (C=O) groups is 1. The average Bonchev–Trinajstić information content (AvgIpc) is 3.40. The molecule has 2 fully saturated rings. The average molecular weight is 410 g/mol. The Balaban J connectivity index is 1.24. The number of carbonyl (C=O) groups excluding carboxylic acids is 1. The first kappa shape index (κ1) is 18.4. The van der Waals surface area contributed by atoms with Gasteiger partial charge in [0.25, 0.3) is 11.5 Å². The summed E-state index contributed by atoms with van der Waals surface area (Å²) < 4.78 is 8.86. The normalized spacial score (nSPS) is 16.8. The monoisotopic (exact) mass is 409 g/mol. The number of thiazole rings is 1. The molecule has 1 saturated carbocycles. The molecule has 0 atom stereocenters. The zero-order valence-electron chi connectivity index (χ0n) is 16.6. The summed E-state index contributed by atoms with van der Waals surface area (Å²) in [6, 6.07) is 9.55. The van der Waals surface area contributed by atoms with Crippen molar-refractivity contribution >= 4 is 27.5 Å². The zero-order valence-corrected chi connectivity index (χ0v) is 17.4. The van der Waals surface area contributed by atoms with Gasteiger partial charge in [-0.1, -0.05) is 6.92 Å². The molecule has 150 valence electrons. The van der Waals surface area contributed by atoms with Crippen LogP contribution in [0.2, 0.25) is 0 Å². The first-order chi connectivity index (χ1) is 14.0. The van der Waals surface area contributed by atoms with Gasteiger partial charge >= 0.3 is 0 Å². The second-order valence-electron chi connectivity index (χ2n) is 7.87. The van der Waals surface area contributed by atoms with Crippen molar-refractivity contribution in [1.29, 1.82) is 0 Å². The Labute approximate surface area is 172 Å². The highest BCUT2D eigenvalue weighted by atomic mass is 32.1. The summed E-state index contributed by atoms with van der Waals surface area (Å²) in [5.41, 5.74) is 2.57. The van der Waals surface area contributed by atoms with Crippen LogP contribution in [-0.4, -0.2) is 39.6 Å². The molecule has 1 saturated heterocycles. The first-order valence-electron chi connectivity index (χ1n) is 10.1. The molecule has 1 aliphatic heterocycles. The van der Waals surface area contributed by atoms with Crippen LogP contribution in [0.1, 0.15) is 46.9 Å². The molecule has 1 aliphatic carbocycles. The minimum atomic E-state index is -0.0756. The van der Waals surface area contributed by atoms with Crippen LogP contribution in [0.5, 0.6) is 5.75 Å². The summed E-state index contributed by atoms with van der Waals surface area (Å²) in [5, 5.41) is 1.08. The van der Waals surface area contributed by atoms with Crippen molar-refractivity contribution in [1.82, 2.24) is 14.5 Å². The first-order valence-corrected chi connectivity index (χ1v) is 10.9. The third kappa shape index (κ3) is 3.44. The van der Waals surface area contributed by atoms with Crippen molar-refractivity contribution in [3.05, 3.63) is 57.0 Å². The highest BCUT2D eigenvalue weighted by Gasteiger charge is 2.33. The Morgan fingerprint density at radius 2 is 2.03 bits per heavy atom. The Hall–Kier alpha value is -2.67. The quantitative estimate of drug-likeness (QED) is 0.646. The summed E-state index contributed by atoms with van der Waals surface area (Å²) in [5.74, 6) is 0.609. The maximum atomic E-state index is 12.8. The summed E-state index contributed by atoms with van der Waals surface area (Å²) in [6.45, 7) is 5.09. The van der Waals surface area contributed by atoms with Gasteiger partial charge in [0.1, 0.15) is 11.9 Å². The molecule has 0 unspecified atom stereocenters. The third-order valence-electron chi connectivity index (χ3n) is 5.57. The number of amides is 1. The van der Waals surface area contributed by atoms with Gasteiger partial charge < -0.3 is 14.2 Å². The van der Waals surface area contributed by atoms with Gasteiger partial charge in [0.2, 0.25) is 0 Å². The van der Waals surface area contributed by atoms with Crippen LogP contribution in [0.4, 0.5) is 0 Å². The van der Waals surface area contributed by atoms with Gasteiger partial charge in [-0.3, -0.25) is 9.59 Å². The largest absolute Gasteiger partial charge is 0.486 e. The number of aryl methyl sites for hydroxylation is 2. The number of nitrogens with zero attached hydrogens (tertiary/aromatic N) is 3. The minimum Gasteiger partial charge on any atom is -0.486 e. The van der Waals surface area contributed by atoms with Gasteiger partial charge in [-0.05, 0) is 50.5 Å². The maximum Gasteiger partial charge on any atom is 0.254 e. The summed E-state index contributed by atoms with van der Waals surface area (Å²) in [6.07, 6.45) is 2.98. The van der Waals surface area contributed by atoms with Crippen molar-refractivity contribution in [2.24, 2.45) is 0 Å². The molecule has 3 heterocycles. The molecule has 5 rings (SSSR count). The van der Waals surface area contributed by atoms with Crippen LogP contribution < -0.4 is 10.3 Å². The molecular weight excluding hydrogens is 386 g/mol. The molecule has 6 nitrogen and oxygen atoms in total. The van der Waals surface area contributed by atoms with Crippen LogP contribution >= 0.6 is 11.3 Å². The van der Waals surface area contributed by atoms with Crippen LogP contribution in [0.3, 0.4) is 0 Å². The molecule has 1 amide bonds. The van der Waals surface area contributed by atoms with Crippen LogP contribution in [0, 0.1) is 6.92 Å². The van der Waals surface area contributed by atoms with E-state index in [-0.39, 0.29) is 17.6 Å². The molecule has 0 N–H and O–H groups in total. The number of rotatable bonds is 5. The molecule has 0 spiro atoms. The van der Waals surface area contributed by atoms with E-state index in [1.54, 1.807) is 22.3 Å². The zero-order chi connectivity index (χ0) is 20.1. The van der Waals surface area contributed by atoms with Crippen molar-refractivity contribution in [2.45, 2.75) is 45.3 Å². The van der Waals surface area contributed by atoms with Crippen molar-refractivity contribution in [2.75, 3.05) is 13.1 Å². The molecule has 1 aromatic carbocycles. The van der Waals surface area contributed by atoms with E-state index in [4.69, 9.17) is 4.74 Å². The molecule has 3 aromatic rings. The summed E-state index contributed by atoms with van der Waals surface area (Å²) in [4.78, 5) is 31.4. The predicted molar refractivity (Wildman–Crippen MR) is 113 cm³/mol. The second-order valence-corrected chi connectivity index (χ2v) is 8.98. The lowest BCUT2D eigenvalue weighted by molar-refractivity contribution is 0.0176. The standard InChI is InChI=1S/C22H23N3O3S/c1-3-20-23-18-7-4-14(9-19(18)29-20)22(27)24-11-17(12-24)28-16-8-13(2)25(15-5-6-15)21(26)10-16/h4,7-10,15,17H,3,5-6,11-12H2,1-2H3. The lowest BCUT2D eigenvalue weighted by Gasteiger charge is -2.39. The Bertz CT molecular complexity index is 1160. The van der Waals surface area contributed by atoms with Crippen LogP contribution in [-0.2, 0) is 6.42 Å². The van der Waals surface area contributed by atoms with Crippen molar-refractivity contribution in [3.63, 3.8) is 0 Å². The van der Waals surface area contributed by atoms with Gasteiger partial charge in [0.15, 0.2) is 0 Å². The Kier molecular flexibility index (Phi) is 4.42. The molecule has 29 heavy (non-hydrogen) atoms. The van der Waals surface area contributed by atoms with E-state index in [0.717, 1.165) is 40.2 Å². The predicted octanol–water partition coefficient (Wildman–Crippen LogP) is 3.57. The van der Waals surface area contributed by atoms with E-state index in [0.29, 0.717) is 30.4 Å². The number of aromatic nitrogens is 2. The molecular formula is C22H23N3O3S. The molecule has 2 aromatic heterocycles. The Morgan fingerprint density at radius 1 is 1.24 bits per heavy atom. The van der Waals surface area contributed by atoms with Gasteiger partial charge in [-0.15, -0.1) is 11.3 Å². The third-order valence-corrected chi connectivity index (χ3v) is 6.73. The fraction of sp³-hybridized carbons (Fsp3) is 0.409. The number of likely N-dealkylation sites (tertiary alicyclic amines) is 1. The second kappa shape index (κ2) is 6.99. The summed E-state index contributed by atoms with van der Waals surface area (Å²) in [7, 11) is 0. The van der Waals surface area contributed by atoms with E-state index < -0.39 is 0 Å². The van der Waals surface area contributed by atoms with E-state index in [2.05, 4.69) is 11.9 Å². The Morgan fingerprint density at radius 3 is 2.72 bits per heavy atom. The topological polar surface area (TPSA) is 64.4 Å². The maximum absolute atomic E-state index is 12.8.